The van der Waals surface area contributed by atoms with E-state index in [1.54, 1.807) is 0 Å². The van der Waals surface area contributed by atoms with Crippen molar-refractivity contribution in [3.63, 3.8) is 0 Å². The first-order valence-electron chi connectivity index (χ1n) is 13.5. The molecule has 2 aliphatic heterocycles. The minimum Gasteiger partial charge on any atom is -0.459 e. The fraction of sp³-hybridized carbons (Fsp3) is 0.769. The average Bonchev–Trinajstić information content (AvgIpc) is 3.37. The van der Waals surface area contributed by atoms with Crippen LogP contribution in [0.15, 0.2) is 21.9 Å². The molecule has 1 N–H and O–H groups in total. The lowest BCUT2D eigenvalue weighted by atomic mass is 10.0. The molecule has 0 aromatic carbocycles. The monoisotopic (exact) mass is 526 g/mol. The number of H-pyrrole nitrogens is 1. The summed E-state index contributed by atoms with van der Waals surface area (Å²) in [7, 11) is 0. The molecule has 10 nitrogen and oxygen atoms in total. The molecular formula is C26H39FN2O8. The van der Waals surface area contributed by atoms with Crippen LogP contribution in [0.3, 0.4) is 0 Å². The quantitative estimate of drug-likeness (QED) is 0.229. The number of rotatable bonds is 17. The van der Waals surface area contributed by atoms with Crippen molar-refractivity contribution in [1.82, 2.24) is 9.55 Å². The van der Waals surface area contributed by atoms with Crippen LogP contribution in [0.4, 0.5) is 9.18 Å². The van der Waals surface area contributed by atoms with Crippen LogP contribution in [0, 0.1) is 0 Å². The lowest BCUT2D eigenvalue weighted by Crippen LogP contribution is -2.42. The summed E-state index contributed by atoms with van der Waals surface area (Å²) in [5.74, 6) is -3.29. The predicted molar refractivity (Wildman–Crippen MR) is 132 cm³/mol. The molecule has 0 aliphatic carbocycles. The Labute approximate surface area is 215 Å². The number of esters is 1. The number of carbonyl (C=O) groups excluding carboxylic acids is 2. The van der Waals surface area contributed by atoms with Crippen molar-refractivity contribution in [3.05, 3.63) is 33.1 Å². The van der Waals surface area contributed by atoms with Crippen molar-refractivity contribution in [2.75, 3.05) is 6.61 Å². The van der Waals surface area contributed by atoms with Crippen molar-refractivity contribution in [2.24, 2.45) is 0 Å². The molecule has 0 spiro atoms. The molecule has 2 fully saturated rings. The molecule has 0 unspecified atom stereocenters. The highest BCUT2D eigenvalue weighted by atomic mass is 19.2. The van der Waals surface area contributed by atoms with E-state index in [0.717, 1.165) is 36.1 Å². The van der Waals surface area contributed by atoms with E-state index in [2.05, 4.69) is 6.92 Å². The first-order valence-corrected chi connectivity index (χ1v) is 13.5. The van der Waals surface area contributed by atoms with Crippen LogP contribution in [0.1, 0.15) is 103 Å². The molecule has 208 valence electrons. The minimum absolute atomic E-state index is 0.140. The van der Waals surface area contributed by atoms with Crippen LogP contribution >= 0.6 is 0 Å². The van der Waals surface area contributed by atoms with E-state index in [0.29, 0.717) is 6.42 Å². The molecule has 0 radical (unpaired) electrons. The zero-order chi connectivity index (χ0) is 26.7. The Morgan fingerprint density at radius 2 is 1.57 bits per heavy atom. The highest BCUT2D eigenvalue weighted by Crippen LogP contribution is 2.44. The van der Waals surface area contributed by atoms with Gasteiger partial charge in [-0.3, -0.25) is 19.1 Å². The van der Waals surface area contributed by atoms with Gasteiger partial charge in [-0.2, -0.15) is 0 Å². The first-order chi connectivity index (χ1) is 17.8. The fourth-order valence-electron chi connectivity index (χ4n) is 4.74. The van der Waals surface area contributed by atoms with Gasteiger partial charge >= 0.3 is 17.8 Å². The number of alkyl halides is 1. The van der Waals surface area contributed by atoms with Gasteiger partial charge in [-0.1, -0.05) is 84.0 Å². The molecule has 11 heteroatoms. The maximum atomic E-state index is 15.6. The van der Waals surface area contributed by atoms with Gasteiger partial charge in [0.1, 0.15) is 0 Å². The Hall–Kier alpha value is -2.69. The molecule has 0 bridgehead atoms. The van der Waals surface area contributed by atoms with Gasteiger partial charge in [-0.25, -0.2) is 14.0 Å². The first kappa shape index (κ1) is 28.9. The second kappa shape index (κ2) is 14.3. The highest BCUT2D eigenvalue weighted by Gasteiger charge is 2.65. The van der Waals surface area contributed by atoms with Gasteiger partial charge in [0.25, 0.3) is 11.4 Å². The summed E-state index contributed by atoms with van der Waals surface area (Å²) in [5.41, 5.74) is -1.52. The SMILES string of the molecule is CCCCCCCCCCCCCCCC(=O)OC[C@@]1(F)O[C@@H](n2ccc(=O)[nH]c2=O)[C@@H]2OC(=O)O[C@@H]21. The predicted octanol–water partition coefficient (Wildman–Crippen LogP) is 4.66. The Kier molecular flexibility index (Phi) is 11.2. The van der Waals surface area contributed by atoms with E-state index in [-0.39, 0.29) is 6.42 Å². The third-order valence-corrected chi connectivity index (χ3v) is 6.82. The number of carbonyl (C=O) groups is 2. The van der Waals surface area contributed by atoms with Crippen LogP contribution in [0.5, 0.6) is 0 Å². The van der Waals surface area contributed by atoms with Crippen LogP contribution < -0.4 is 11.2 Å². The van der Waals surface area contributed by atoms with Crippen LogP contribution in [-0.2, 0) is 23.7 Å². The van der Waals surface area contributed by atoms with Gasteiger partial charge in [0.05, 0.1) is 0 Å². The van der Waals surface area contributed by atoms with E-state index in [1.807, 2.05) is 4.98 Å². The topological polar surface area (TPSA) is 126 Å². The number of aromatic nitrogens is 2. The number of ether oxygens (including phenoxy) is 4. The van der Waals surface area contributed by atoms with Crippen molar-refractivity contribution in [1.29, 1.82) is 0 Å². The second-order valence-corrected chi connectivity index (χ2v) is 9.84. The van der Waals surface area contributed by atoms with E-state index >= 15 is 4.39 Å². The van der Waals surface area contributed by atoms with Gasteiger partial charge in [-0.15, -0.1) is 0 Å². The summed E-state index contributed by atoms with van der Waals surface area (Å²) in [6.07, 6.45) is 11.2. The summed E-state index contributed by atoms with van der Waals surface area (Å²) in [5, 5.41) is 0. The molecule has 3 rings (SSSR count). The van der Waals surface area contributed by atoms with Gasteiger partial charge in [0, 0.05) is 18.7 Å². The molecule has 4 atom stereocenters. The fourth-order valence-corrected chi connectivity index (χ4v) is 4.74. The molecule has 3 heterocycles. The Morgan fingerprint density at radius 3 is 2.16 bits per heavy atom. The largest absolute Gasteiger partial charge is 0.509 e. The highest BCUT2D eigenvalue weighted by molar-refractivity contribution is 5.69. The normalized spacial score (nSPS) is 24.5. The lowest BCUT2D eigenvalue weighted by Gasteiger charge is -2.23. The summed E-state index contributed by atoms with van der Waals surface area (Å²) < 4.78 is 36.8. The molecule has 0 amide bonds. The van der Waals surface area contributed by atoms with Crippen molar-refractivity contribution >= 4 is 12.1 Å². The third-order valence-electron chi connectivity index (χ3n) is 6.82. The second-order valence-electron chi connectivity index (χ2n) is 9.84. The Bertz CT molecular complexity index is 995. The zero-order valence-corrected chi connectivity index (χ0v) is 21.6. The third kappa shape index (κ3) is 8.41. The molecule has 2 saturated heterocycles. The van der Waals surface area contributed by atoms with Crippen LogP contribution in [-0.4, -0.2) is 46.3 Å². The van der Waals surface area contributed by atoms with Crippen molar-refractivity contribution in [2.45, 2.75) is 121 Å². The smallest absolute Gasteiger partial charge is 0.459 e. The molecule has 1 aromatic rings. The van der Waals surface area contributed by atoms with E-state index < -0.39 is 54.3 Å². The summed E-state index contributed by atoms with van der Waals surface area (Å²) in [6, 6.07) is 1.05. The van der Waals surface area contributed by atoms with Gasteiger partial charge in [0.15, 0.2) is 18.9 Å². The number of aromatic amines is 1. The van der Waals surface area contributed by atoms with Crippen molar-refractivity contribution in [3.8, 4) is 0 Å². The van der Waals surface area contributed by atoms with Gasteiger partial charge in [0.2, 0.25) is 6.10 Å². The standard InChI is InChI=1S/C26H39FN2O8/c1-2-3-4-5-6-7-8-9-10-11-12-13-14-15-20(31)34-18-26(27)22-21(35-25(33)36-22)23(37-26)29-17-16-19(30)28-24(29)32/h16-17,21-23H,2-15,18H2,1H3,(H,28,30,32)/t21-,22+,23-,26-/m1/s1. The lowest BCUT2D eigenvalue weighted by molar-refractivity contribution is -0.219. The average molecular weight is 527 g/mol. The number of nitrogens with one attached hydrogen (secondary N) is 1. The summed E-state index contributed by atoms with van der Waals surface area (Å²) in [4.78, 5) is 49.3. The van der Waals surface area contributed by atoms with E-state index in [4.69, 9.17) is 18.9 Å². The Balaban J connectivity index is 1.33. The summed E-state index contributed by atoms with van der Waals surface area (Å²) >= 11 is 0. The van der Waals surface area contributed by atoms with Gasteiger partial charge < -0.3 is 18.9 Å². The number of halogens is 1. The molecular weight excluding hydrogens is 487 g/mol. The van der Waals surface area contributed by atoms with Crippen LogP contribution in [0.2, 0.25) is 0 Å². The van der Waals surface area contributed by atoms with E-state index in [9.17, 15) is 19.2 Å². The molecule has 2 aliphatic rings. The van der Waals surface area contributed by atoms with Crippen molar-refractivity contribution < 1.29 is 32.9 Å². The maximum Gasteiger partial charge on any atom is 0.509 e. The summed E-state index contributed by atoms with van der Waals surface area (Å²) in [6.45, 7) is 1.40. The van der Waals surface area contributed by atoms with Crippen LogP contribution in [0.25, 0.3) is 0 Å². The molecule has 1 aromatic heterocycles. The minimum atomic E-state index is -2.71. The number of hydrogen-bond acceptors (Lipinski definition) is 8. The molecule has 37 heavy (non-hydrogen) atoms. The van der Waals surface area contributed by atoms with Gasteiger partial charge in [-0.05, 0) is 6.42 Å². The number of nitrogens with zero attached hydrogens (tertiary/aromatic N) is 1. The number of unbranched alkanes of at least 4 members (excludes halogenated alkanes) is 12. The van der Waals surface area contributed by atoms with E-state index in [1.165, 1.54) is 57.8 Å². The maximum absolute atomic E-state index is 15.6. The number of fused-ring (bicyclic) bond motifs is 1. The number of hydrogen-bond donors (Lipinski definition) is 1. The zero-order valence-electron chi connectivity index (χ0n) is 21.6. The molecule has 0 saturated carbocycles. The Morgan fingerprint density at radius 1 is 0.973 bits per heavy atom.